The minimum Gasteiger partial charge on any atom is -0.497 e. The maximum absolute atomic E-state index is 13.2. The van der Waals surface area contributed by atoms with Crippen molar-refractivity contribution in [1.29, 1.82) is 0 Å². The molecule has 196 valence electrons. The van der Waals surface area contributed by atoms with Crippen molar-refractivity contribution in [2.24, 2.45) is 0 Å². The van der Waals surface area contributed by atoms with Crippen LogP contribution in [0.2, 0.25) is 0 Å². The van der Waals surface area contributed by atoms with Crippen LogP contribution in [0, 0.1) is 0 Å². The Kier molecular flexibility index (Phi) is 7.44. The summed E-state index contributed by atoms with van der Waals surface area (Å²) in [7, 11) is 4.98. The van der Waals surface area contributed by atoms with E-state index in [9.17, 15) is 9.90 Å². The first-order chi connectivity index (χ1) is 18.5. The summed E-state index contributed by atoms with van der Waals surface area (Å²) in [5, 5.41) is 20.4. The first kappa shape index (κ1) is 25.5. The molecule has 0 aliphatic heterocycles. The van der Waals surface area contributed by atoms with Gasteiger partial charge >= 0.3 is 0 Å². The molecule has 0 saturated heterocycles. The lowest BCUT2D eigenvalue weighted by molar-refractivity contribution is 0.0951. The number of rotatable bonds is 10. The second-order valence-electron chi connectivity index (χ2n) is 9.38. The molecular formula is C30H32N4O4. The average Bonchev–Trinajstić information content (AvgIpc) is 3.78. The predicted molar refractivity (Wildman–Crippen MR) is 149 cm³/mol. The lowest BCUT2D eigenvalue weighted by Gasteiger charge is -2.18. The summed E-state index contributed by atoms with van der Waals surface area (Å²) >= 11 is 0. The van der Waals surface area contributed by atoms with Crippen LogP contribution in [0.25, 0.3) is 22.0 Å². The van der Waals surface area contributed by atoms with Crippen molar-refractivity contribution >= 4 is 22.5 Å². The highest BCUT2D eigenvalue weighted by Crippen LogP contribution is 2.38. The van der Waals surface area contributed by atoms with E-state index in [1.165, 1.54) is 0 Å². The highest BCUT2D eigenvalue weighted by atomic mass is 16.5. The number of aliphatic hydroxyl groups is 1. The fourth-order valence-electron chi connectivity index (χ4n) is 4.41. The Balaban J connectivity index is 1.58. The topological polar surface area (TPSA) is 105 Å². The third kappa shape index (κ3) is 5.41. The number of amides is 1. The number of hydrogen-bond donors (Lipinski definition) is 4. The molecule has 8 heteroatoms. The number of carbonyl (C=O) groups excluding carboxylic acids is 1. The van der Waals surface area contributed by atoms with Gasteiger partial charge in [0.1, 0.15) is 17.7 Å². The molecule has 1 saturated carbocycles. The summed E-state index contributed by atoms with van der Waals surface area (Å²) in [6, 6.07) is 19.6. The number of aromatic nitrogens is 1. The average molecular weight is 513 g/mol. The number of methoxy groups -OCH3 is 2. The molecule has 1 aliphatic carbocycles. The number of nitrogens with zero attached hydrogens (tertiary/aromatic N) is 1. The molecule has 3 aromatic carbocycles. The summed E-state index contributed by atoms with van der Waals surface area (Å²) in [6.45, 7) is 0.519. The zero-order chi connectivity index (χ0) is 26.6. The van der Waals surface area contributed by atoms with Gasteiger partial charge in [0.05, 0.1) is 31.0 Å². The van der Waals surface area contributed by atoms with Crippen molar-refractivity contribution in [2.45, 2.75) is 31.7 Å². The van der Waals surface area contributed by atoms with Gasteiger partial charge in [0.25, 0.3) is 5.91 Å². The Morgan fingerprint density at radius 1 is 1.05 bits per heavy atom. The van der Waals surface area contributed by atoms with E-state index < -0.39 is 6.23 Å². The number of anilines is 1. The number of hydrogen-bond acceptors (Lipinski definition) is 7. The molecule has 4 aromatic rings. The van der Waals surface area contributed by atoms with Gasteiger partial charge in [-0.15, -0.1) is 0 Å². The summed E-state index contributed by atoms with van der Waals surface area (Å²) in [5.74, 6) is 1.32. The van der Waals surface area contributed by atoms with Crippen LogP contribution in [0.15, 0.2) is 66.9 Å². The molecule has 1 aromatic heterocycles. The summed E-state index contributed by atoms with van der Waals surface area (Å²) < 4.78 is 11.0. The number of benzene rings is 3. The third-order valence-corrected chi connectivity index (χ3v) is 6.79. The van der Waals surface area contributed by atoms with Gasteiger partial charge in [0.15, 0.2) is 0 Å². The smallest absolute Gasteiger partial charge is 0.255 e. The molecule has 1 atom stereocenters. The van der Waals surface area contributed by atoms with E-state index in [-0.39, 0.29) is 11.9 Å². The largest absolute Gasteiger partial charge is 0.497 e. The molecule has 38 heavy (non-hydrogen) atoms. The van der Waals surface area contributed by atoms with Crippen molar-refractivity contribution in [1.82, 2.24) is 15.6 Å². The standard InChI is InChI=1S/C30H32N4O4/c1-31-29(35)20-8-6-19(7-9-20)23-14-24-26(15-27(23)38-3)32-17-25(30(36)34-21-10-11-21)28(24)33-16-18-4-12-22(37-2)13-5-18/h4-9,12-15,17,21,29,31,35H,10-11,16H2,1-3H3,(H,32,33)(H,34,36). The van der Waals surface area contributed by atoms with Crippen LogP contribution in [0.1, 0.15) is 40.6 Å². The number of nitrogens with one attached hydrogen (secondary N) is 3. The van der Waals surface area contributed by atoms with E-state index in [1.54, 1.807) is 27.5 Å². The molecule has 0 radical (unpaired) electrons. The first-order valence-corrected chi connectivity index (χ1v) is 12.6. The number of aliphatic hydroxyl groups excluding tert-OH is 1. The zero-order valence-electron chi connectivity index (χ0n) is 21.7. The Hall–Kier alpha value is -4.14. The van der Waals surface area contributed by atoms with Crippen LogP contribution in [-0.4, -0.2) is 43.3 Å². The van der Waals surface area contributed by atoms with E-state index >= 15 is 0 Å². The number of fused-ring (bicyclic) bond motifs is 1. The molecule has 8 nitrogen and oxygen atoms in total. The van der Waals surface area contributed by atoms with Crippen molar-refractivity contribution in [2.75, 3.05) is 26.6 Å². The monoisotopic (exact) mass is 512 g/mol. The lowest BCUT2D eigenvalue weighted by Crippen LogP contribution is -2.26. The van der Waals surface area contributed by atoms with E-state index in [1.807, 2.05) is 60.7 Å². The fourth-order valence-corrected chi connectivity index (χ4v) is 4.41. The second-order valence-corrected chi connectivity index (χ2v) is 9.38. The molecule has 1 unspecified atom stereocenters. The minimum atomic E-state index is -0.743. The molecule has 4 N–H and O–H groups in total. The molecule has 1 heterocycles. The third-order valence-electron chi connectivity index (χ3n) is 6.79. The van der Waals surface area contributed by atoms with Crippen molar-refractivity contribution in [3.05, 3.63) is 83.6 Å². The van der Waals surface area contributed by atoms with Gasteiger partial charge in [0.2, 0.25) is 0 Å². The zero-order valence-corrected chi connectivity index (χ0v) is 21.7. The van der Waals surface area contributed by atoms with Crippen molar-refractivity contribution in [3.63, 3.8) is 0 Å². The molecule has 1 aliphatic rings. The Labute approximate surface area is 222 Å². The highest BCUT2D eigenvalue weighted by molar-refractivity contribution is 6.08. The predicted octanol–water partition coefficient (Wildman–Crippen LogP) is 4.63. The van der Waals surface area contributed by atoms with E-state index in [0.717, 1.165) is 51.9 Å². The maximum atomic E-state index is 13.2. The number of pyridine rings is 1. The lowest BCUT2D eigenvalue weighted by atomic mass is 9.98. The Morgan fingerprint density at radius 2 is 1.79 bits per heavy atom. The molecule has 5 rings (SSSR count). The van der Waals surface area contributed by atoms with Gasteiger partial charge < -0.3 is 25.2 Å². The maximum Gasteiger partial charge on any atom is 0.255 e. The summed E-state index contributed by atoms with van der Waals surface area (Å²) in [5.41, 5.74) is 5.53. The van der Waals surface area contributed by atoms with Crippen LogP contribution in [0.3, 0.4) is 0 Å². The van der Waals surface area contributed by atoms with E-state index in [4.69, 9.17) is 9.47 Å². The van der Waals surface area contributed by atoms with E-state index in [0.29, 0.717) is 23.4 Å². The number of ether oxygens (including phenoxy) is 2. The first-order valence-electron chi connectivity index (χ1n) is 12.6. The molecular weight excluding hydrogens is 480 g/mol. The molecule has 0 bridgehead atoms. The van der Waals surface area contributed by atoms with Crippen molar-refractivity contribution < 1.29 is 19.4 Å². The highest BCUT2D eigenvalue weighted by Gasteiger charge is 2.26. The van der Waals surface area contributed by atoms with Gasteiger partial charge in [-0.25, -0.2) is 0 Å². The van der Waals surface area contributed by atoms with Crippen molar-refractivity contribution in [3.8, 4) is 22.6 Å². The van der Waals surface area contributed by atoms with Gasteiger partial charge in [0, 0.05) is 35.8 Å². The quantitative estimate of drug-likeness (QED) is 0.230. The molecule has 1 fully saturated rings. The fraction of sp³-hybridized carbons (Fsp3) is 0.267. The van der Waals surface area contributed by atoms with Crippen LogP contribution in [0.4, 0.5) is 5.69 Å². The van der Waals surface area contributed by atoms with Crippen LogP contribution < -0.4 is 25.4 Å². The van der Waals surface area contributed by atoms with Gasteiger partial charge in [-0.05, 0) is 54.8 Å². The van der Waals surface area contributed by atoms with Gasteiger partial charge in [-0.3, -0.25) is 15.1 Å². The van der Waals surface area contributed by atoms with E-state index in [2.05, 4.69) is 20.9 Å². The summed E-state index contributed by atoms with van der Waals surface area (Å²) in [4.78, 5) is 17.8. The number of carbonyl (C=O) groups is 1. The van der Waals surface area contributed by atoms with Crippen LogP contribution in [0.5, 0.6) is 11.5 Å². The normalized spacial score (nSPS) is 13.7. The molecule has 0 spiro atoms. The molecule has 1 amide bonds. The Morgan fingerprint density at radius 3 is 2.42 bits per heavy atom. The second kappa shape index (κ2) is 11.1. The minimum absolute atomic E-state index is 0.137. The van der Waals surface area contributed by atoms with Crippen LogP contribution in [-0.2, 0) is 6.54 Å². The van der Waals surface area contributed by atoms with Gasteiger partial charge in [-0.1, -0.05) is 36.4 Å². The summed E-state index contributed by atoms with van der Waals surface area (Å²) in [6.07, 6.45) is 2.89. The Bertz CT molecular complexity index is 1430. The SMILES string of the molecule is CNC(O)c1ccc(-c2cc3c(NCc4ccc(OC)cc4)c(C(=O)NC4CC4)cnc3cc2OC)cc1. The van der Waals surface area contributed by atoms with Gasteiger partial charge in [-0.2, -0.15) is 0 Å². The van der Waals surface area contributed by atoms with Crippen LogP contribution >= 0.6 is 0 Å².